The monoisotopic (exact) mass is 415 g/mol. The molecule has 0 N–H and O–H groups in total. The van der Waals surface area contributed by atoms with Gasteiger partial charge in [-0.2, -0.15) is 0 Å². The highest BCUT2D eigenvalue weighted by Gasteiger charge is 2.32. The first kappa shape index (κ1) is 19.2. The first-order chi connectivity index (χ1) is 13.9. The van der Waals surface area contributed by atoms with Crippen molar-refractivity contribution in [3.8, 4) is 17.0 Å². The van der Waals surface area contributed by atoms with Crippen molar-refractivity contribution in [1.82, 2.24) is 3.97 Å². The van der Waals surface area contributed by atoms with Gasteiger partial charge in [-0.25, -0.2) is 21.6 Å². The average molecular weight is 415 g/mol. The van der Waals surface area contributed by atoms with Crippen molar-refractivity contribution < 1.29 is 27.1 Å². The minimum absolute atomic E-state index is 0.177. The van der Waals surface area contributed by atoms with Gasteiger partial charge in [0.15, 0.2) is 0 Å². The zero-order valence-electron chi connectivity index (χ0n) is 15.8. The summed E-state index contributed by atoms with van der Waals surface area (Å²) in [6, 6.07) is 10.2. The molecule has 29 heavy (non-hydrogen) atoms. The van der Waals surface area contributed by atoms with Crippen LogP contribution in [-0.4, -0.2) is 32.6 Å². The van der Waals surface area contributed by atoms with E-state index in [1.54, 1.807) is 12.1 Å². The first-order valence-corrected chi connectivity index (χ1v) is 10.3. The molecule has 1 aliphatic carbocycles. The van der Waals surface area contributed by atoms with Gasteiger partial charge in [0.2, 0.25) is 0 Å². The fourth-order valence-corrected chi connectivity index (χ4v) is 5.08. The Morgan fingerprint density at radius 3 is 2.59 bits per heavy atom. The van der Waals surface area contributed by atoms with Crippen LogP contribution in [0, 0.1) is 5.82 Å². The van der Waals surface area contributed by atoms with E-state index >= 15 is 0 Å². The molecule has 0 saturated carbocycles. The lowest BCUT2D eigenvalue weighted by atomic mass is 9.88. The number of aromatic nitrogens is 1. The Bertz CT molecular complexity index is 1230. The fraction of sp³-hybridized carbons (Fsp3) is 0.190. The molecular weight excluding hydrogens is 397 g/mol. The molecule has 3 aromatic rings. The van der Waals surface area contributed by atoms with Crippen molar-refractivity contribution in [3.63, 3.8) is 0 Å². The molecule has 0 aliphatic heterocycles. The molecule has 1 heterocycles. The molecule has 2 aromatic carbocycles. The van der Waals surface area contributed by atoms with Crippen molar-refractivity contribution in [2.24, 2.45) is 0 Å². The second-order valence-electron chi connectivity index (χ2n) is 6.64. The van der Waals surface area contributed by atoms with E-state index in [2.05, 4.69) is 0 Å². The van der Waals surface area contributed by atoms with Gasteiger partial charge >= 0.3 is 5.97 Å². The number of aryl methyl sites for hydroxylation is 1. The van der Waals surface area contributed by atoms with E-state index in [1.807, 2.05) is 6.07 Å². The van der Waals surface area contributed by atoms with E-state index in [-0.39, 0.29) is 10.5 Å². The SMILES string of the molecule is COC(=O)c1cn(S(=O)(=O)c2cccc(F)c2)c2c1CCc1ccc(OC)cc1-2. The van der Waals surface area contributed by atoms with Crippen LogP contribution >= 0.6 is 0 Å². The third-order valence-electron chi connectivity index (χ3n) is 5.05. The number of methoxy groups -OCH3 is 2. The number of hydrogen-bond donors (Lipinski definition) is 0. The third-order valence-corrected chi connectivity index (χ3v) is 6.71. The van der Waals surface area contributed by atoms with Gasteiger partial charge in [0, 0.05) is 11.8 Å². The molecular formula is C21H18FNO5S. The number of carbonyl (C=O) groups is 1. The summed E-state index contributed by atoms with van der Waals surface area (Å²) < 4.78 is 51.6. The van der Waals surface area contributed by atoms with Crippen LogP contribution in [0.25, 0.3) is 11.3 Å². The van der Waals surface area contributed by atoms with Gasteiger partial charge in [0.05, 0.1) is 30.4 Å². The lowest BCUT2D eigenvalue weighted by molar-refractivity contribution is 0.0599. The predicted octanol–water partition coefficient (Wildman–Crippen LogP) is 3.43. The number of nitrogens with zero attached hydrogens (tertiary/aromatic N) is 1. The van der Waals surface area contributed by atoms with Gasteiger partial charge < -0.3 is 9.47 Å². The lowest BCUT2D eigenvalue weighted by Crippen LogP contribution is -2.16. The Morgan fingerprint density at radius 1 is 1.10 bits per heavy atom. The summed E-state index contributed by atoms with van der Waals surface area (Å²) >= 11 is 0. The van der Waals surface area contributed by atoms with E-state index in [4.69, 9.17) is 9.47 Å². The maximum Gasteiger partial charge on any atom is 0.339 e. The van der Waals surface area contributed by atoms with Crippen LogP contribution in [-0.2, 0) is 27.6 Å². The van der Waals surface area contributed by atoms with Crippen LogP contribution in [0.2, 0.25) is 0 Å². The zero-order chi connectivity index (χ0) is 20.8. The van der Waals surface area contributed by atoms with Crippen LogP contribution in [0.15, 0.2) is 53.6 Å². The minimum atomic E-state index is -4.16. The number of hydrogen-bond acceptors (Lipinski definition) is 5. The second-order valence-corrected chi connectivity index (χ2v) is 8.46. The summed E-state index contributed by atoms with van der Waals surface area (Å²) in [5.41, 5.74) is 2.72. The quantitative estimate of drug-likeness (QED) is 0.611. The Labute approximate surface area is 167 Å². The number of carbonyl (C=O) groups excluding carboxylic acids is 1. The van der Waals surface area contributed by atoms with Crippen molar-refractivity contribution in [2.45, 2.75) is 17.7 Å². The van der Waals surface area contributed by atoms with Gasteiger partial charge in [-0.05, 0) is 54.3 Å². The zero-order valence-corrected chi connectivity index (χ0v) is 16.6. The molecule has 0 unspecified atom stereocenters. The van der Waals surface area contributed by atoms with Crippen LogP contribution in [0.1, 0.15) is 21.5 Å². The van der Waals surface area contributed by atoms with Gasteiger partial charge in [-0.1, -0.05) is 12.1 Å². The summed E-state index contributed by atoms with van der Waals surface area (Å²) in [5, 5.41) is 0. The second kappa shape index (κ2) is 7.04. The van der Waals surface area contributed by atoms with Gasteiger partial charge in [-0.3, -0.25) is 0 Å². The molecule has 0 saturated heterocycles. The molecule has 0 spiro atoms. The first-order valence-electron chi connectivity index (χ1n) is 8.87. The number of halogens is 1. The van der Waals surface area contributed by atoms with E-state index in [0.29, 0.717) is 35.4 Å². The van der Waals surface area contributed by atoms with Crippen molar-refractivity contribution in [3.05, 3.63) is 71.2 Å². The smallest absolute Gasteiger partial charge is 0.339 e. The third kappa shape index (κ3) is 3.09. The van der Waals surface area contributed by atoms with Crippen molar-refractivity contribution in [2.75, 3.05) is 14.2 Å². The van der Waals surface area contributed by atoms with Gasteiger partial charge in [0.1, 0.15) is 11.6 Å². The number of esters is 1. The van der Waals surface area contributed by atoms with Gasteiger partial charge in [0.25, 0.3) is 10.0 Å². The normalized spacial score (nSPS) is 12.8. The van der Waals surface area contributed by atoms with E-state index < -0.39 is 21.8 Å². The van der Waals surface area contributed by atoms with Crippen molar-refractivity contribution >= 4 is 16.0 Å². The maximum atomic E-state index is 13.7. The maximum absolute atomic E-state index is 13.7. The number of rotatable bonds is 4. The number of benzene rings is 2. The molecule has 150 valence electrons. The Morgan fingerprint density at radius 2 is 1.90 bits per heavy atom. The van der Waals surface area contributed by atoms with Gasteiger partial charge in [-0.15, -0.1) is 0 Å². The molecule has 1 aliphatic rings. The van der Waals surface area contributed by atoms with Crippen LogP contribution in [0.3, 0.4) is 0 Å². The molecule has 0 amide bonds. The number of fused-ring (bicyclic) bond motifs is 3. The highest BCUT2D eigenvalue weighted by molar-refractivity contribution is 7.90. The highest BCUT2D eigenvalue weighted by atomic mass is 32.2. The van der Waals surface area contributed by atoms with E-state index in [9.17, 15) is 17.6 Å². The lowest BCUT2D eigenvalue weighted by Gasteiger charge is -2.21. The summed E-state index contributed by atoms with van der Waals surface area (Å²) in [6.07, 6.45) is 2.37. The molecule has 6 nitrogen and oxygen atoms in total. The Balaban J connectivity index is 2.03. The van der Waals surface area contributed by atoms with E-state index in [0.717, 1.165) is 15.6 Å². The van der Waals surface area contributed by atoms with Crippen molar-refractivity contribution in [1.29, 1.82) is 0 Å². The standard InChI is InChI=1S/C21H18FNO5S/c1-27-15-8-6-13-7-9-17-19(21(24)28-2)12-23(20(17)18(13)11-15)29(25,26)16-5-3-4-14(22)10-16/h3-6,8,10-12H,7,9H2,1-2H3. The molecule has 0 radical (unpaired) electrons. The van der Waals surface area contributed by atoms with Crippen LogP contribution in [0.4, 0.5) is 4.39 Å². The molecule has 0 bridgehead atoms. The average Bonchev–Trinajstić information content (AvgIpc) is 3.13. The molecule has 0 fully saturated rings. The molecule has 1 aromatic heterocycles. The summed E-state index contributed by atoms with van der Waals surface area (Å²) in [6.45, 7) is 0. The summed E-state index contributed by atoms with van der Waals surface area (Å²) in [5.74, 6) is -0.727. The summed E-state index contributed by atoms with van der Waals surface area (Å²) in [7, 11) is -1.39. The summed E-state index contributed by atoms with van der Waals surface area (Å²) in [4.78, 5) is 12.1. The molecule has 8 heteroatoms. The largest absolute Gasteiger partial charge is 0.497 e. The molecule has 0 atom stereocenters. The Kier molecular flexibility index (Phi) is 4.66. The van der Waals surface area contributed by atoms with Crippen LogP contribution < -0.4 is 4.74 Å². The Hall–Kier alpha value is -3.13. The molecule has 4 rings (SSSR count). The minimum Gasteiger partial charge on any atom is -0.497 e. The van der Waals surface area contributed by atoms with Crippen LogP contribution in [0.5, 0.6) is 5.75 Å². The van der Waals surface area contributed by atoms with E-state index in [1.165, 1.54) is 38.6 Å². The predicted molar refractivity (Wildman–Crippen MR) is 104 cm³/mol. The fourth-order valence-electron chi connectivity index (χ4n) is 3.65. The highest BCUT2D eigenvalue weighted by Crippen LogP contribution is 2.40. The number of ether oxygens (including phenoxy) is 2. The topological polar surface area (TPSA) is 74.6 Å².